The minimum atomic E-state index is -0.710. The number of hydrogen-bond acceptors (Lipinski definition) is 5. The van der Waals surface area contributed by atoms with Gasteiger partial charge in [0.25, 0.3) is 0 Å². The molecule has 0 aliphatic carbocycles. The number of nitrogens with one attached hydrogen (secondary N) is 1. The lowest BCUT2D eigenvalue weighted by Crippen LogP contribution is -2.46. The van der Waals surface area contributed by atoms with E-state index in [4.69, 9.17) is 9.47 Å². The normalized spacial score (nSPS) is 17.2. The van der Waals surface area contributed by atoms with E-state index in [2.05, 4.69) is 21.2 Å². The van der Waals surface area contributed by atoms with Gasteiger partial charge in [-0.05, 0) is 47.0 Å². The summed E-state index contributed by atoms with van der Waals surface area (Å²) >= 11 is 3.27. The third kappa shape index (κ3) is 3.95. The Hall–Kier alpha value is -2.22. The molecule has 0 saturated carbocycles. The fraction of sp³-hybridized carbons (Fsp3) is 0.444. The summed E-state index contributed by atoms with van der Waals surface area (Å²) in [5.74, 6) is -0.293. The monoisotopic (exact) mass is 426 g/mol. The van der Waals surface area contributed by atoms with Crippen LogP contribution >= 0.6 is 15.9 Å². The number of allylic oxidation sites excluding steroid dienone is 1. The van der Waals surface area contributed by atoms with E-state index >= 15 is 0 Å². The number of amides is 2. The van der Waals surface area contributed by atoms with Crippen molar-refractivity contribution in [1.29, 1.82) is 0 Å². The molecule has 1 unspecified atom stereocenters. The Morgan fingerprint density at radius 3 is 2.73 bits per heavy atom. The average Bonchev–Trinajstić information content (AvgIpc) is 2.61. The number of phenolic OH excluding ortho intramolecular Hbond substituents is 1. The van der Waals surface area contributed by atoms with Crippen LogP contribution in [0.2, 0.25) is 0 Å². The van der Waals surface area contributed by atoms with Crippen molar-refractivity contribution in [3.63, 3.8) is 0 Å². The zero-order valence-corrected chi connectivity index (χ0v) is 16.8. The third-order valence-corrected chi connectivity index (χ3v) is 4.91. The number of phenols is 1. The number of unbranched alkanes of at least 4 members (excludes halogenated alkanes) is 1. The summed E-state index contributed by atoms with van der Waals surface area (Å²) in [6.07, 6.45) is 1.68. The second-order valence-electron chi connectivity index (χ2n) is 5.98. The van der Waals surface area contributed by atoms with Crippen LogP contribution in [0.3, 0.4) is 0 Å². The molecule has 26 heavy (non-hydrogen) atoms. The van der Waals surface area contributed by atoms with E-state index < -0.39 is 12.0 Å². The van der Waals surface area contributed by atoms with Crippen LogP contribution in [0.15, 0.2) is 27.9 Å². The zero-order valence-electron chi connectivity index (χ0n) is 15.3. The van der Waals surface area contributed by atoms with E-state index in [-0.39, 0.29) is 17.5 Å². The van der Waals surface area contributed by atoms with Crippen molar-refractivity contribution in [3.05, 3.63) is 33.4 Å². The summed E-state index contributed by atoms with van der Waals surface area (Å²) in [7, 11) is 3.02. The van der Waals surface area contributed by atoms with Crippen LogP contribution in [-0.4, -0.2) is 42.8 Å². The Kier molecular flexibility index (Phi) is 6.52. The first kappa shape index (κ1) is 20.1. The Balaban J connectivity index is 2.49. The number of methoxy groups -OCH3 is 1. The molecule has 142 valence electrons. The van der Waals surface area contributed by atoms with E-state index in [1.54, 1.807) is 26.1 Å². The molecule has 7 nitrogen and oxygen atoms in total. The van der Waals surface area contributed by atoms with Crippen molar-refractivity contribution >= 4 is 27.9 Å². The largest absolute Gasteiger partial charge is 0.503 e. The van der Waals surface area contributed by atoms with Crippen LogP contribution in [0.4, 0.5) is 4.79 Å². The van der Waals surface area contributed by atoms with Crippen molar-refractivity contribution in [2.75, 3.05) is 20.8 Å². The van der Waals surface area contributed by atoms with E-state index in [0.29, 0.717) is 27.9 Å². The van der Waals surface area contributed by atoms with E-state index in [9.17, 15) is 14.7 Å². The maximum atomic E-state index is 12.7. The molecule has 0 radical (unpaired) electrons. The van der Waals surface area contributed by atoms with Crippen LogP contribution in [0.5, 0.6) is 11.5 Å². The highest BCUT2D eigenvalue weighted by molar-refractivity contribution is 9.10. The van der Waals surface area contributed by atoms with Crippen molar-refractivity contribution in [2.24, 2.45) is 0 Å². The van der Waals surface area contributed by atoms with Crippen molar-refractivity contribution < 1.29 is 24.2 Å². The third-order valence-electron chi connectivity index (χ3n) is 4.31. The highest BCUT2D eigenvalue weighted by atomic mass is 79.9. The van der Waals surface area contributed by atoms with Gasteiger partial charge in [0, 0.05) is 12.7 Å². The molecule has 2 N–H and O–H groups in total. The van der Waals surface area contributed by atoms with Gasteiger partial charge in [-0.1, -0.05) is 13.3 Å². The molecule has 8 heteroatoms. The fourth-order valence-electron chi connectivity index (χ4n) is 2.65. The second-order valence-corrected chi connectivity index (χ2v) is 6.84. The molecule has 1 aliphatic heterocycles. The van der Waals surface area contributed by atoms with Gasteiger partial charge in [0.1, 0.15) is 0 Å². The van der Waals surface area contributed by atoms with Crippen LogP contribution < -0.4 is 10.1 Å². The lowest BCUT2D eigenvalue weighted by molar-refractivity contribution is -0.139. The van der Waals surface area contributed by atoms with Gasteiger partial charge < -0.3 is 24.8 Å². The molecule has 0 saturated heterocycles. The van der Waals surface area contributed by atoms with Crippen LogP contribution in [-0.2, 0) is 9.53 Å². The number of carbonyl (C=O) groups is 2. The summed E-state index contributed by atoms with van der Waals surface area (Å²) < 4.78 is 10.9. The highest BCUT2D eigenvalue weighted by Crippen LogP contribution is 2.40. The number of esters is 1. The Morgan fingerprint density at radius 2 is 2.12 bits per heavy atom. The molecular weight excluding hydrogens is 404 g/mol. The van der Waals surface area contributed by atoms with Gasteiger partial charge in [-0.15, -0.1) is 0 Å². The average molecular weight is 427 g/mol. The molecule has 1 aromatic carbocycles. The van der Waals surface area contributed by atoms with Gasteiger partial charge in [-0.3, -0.25) is 0 Å². The summed E-state index contributed by atoms with van der Waals surface area (Å²) in [6, 6.07) is 2.18. The summed E-state index contributed by atoms with van der Waals surface area (Å²) in [5.41, 5.74) is 1.46. The fourth-order valence-corrected chi connectivity index (χ4v) is 3.11. The Bertz CT molecular complexity index is 747. The Labute approximate surface area is 161 Å². The standard InChI is InChI=1S/C18H23BrN2O5/c1-5-6-7-26-17(23)14-10(2)21(3)18(24)20-15(14)11-8-12(19)16(22)13(9-11)25-4/h8-9,15,22H,5-7H2,1-4H3,(H,20,24). The molecule has 0 fully saturated rings. The van der Waals surface area contributed by atoms with Crippen molar-refractivity contribution in [3.8, 4) is 11.5 Å². The molecule has 1 atom stereocenters. The van der Waals surface area contributed by atoms with Crippen molar-refractivity contribution in [2.45, 2.75) is 32.7 Å². The molecular formula is C18H23BrN2O5. The molecule has 1 aromatic rings. The topological polar surface area (TPSA) is 88.1 Å². The maximum absolute atomic E-state index is 12.7. The zero-order chi connectivity index (χ0) is 19.4. The molecule has 0 bridgehead atoms. The van der Waals surface area contributed by atoms with Crippen LogP contribution in [0.25, 0.3) is 0 Å². The molecule has 1 aliphatic rings. The van der Waals surface area contributed by atoms with E-state index in [1.807, 2.05) is 6.92 Å². The van der Waals surface area contributed by atoms with E-state index in [1.165, 1.54) is 12.0 Å². The van der Waals surface area contributed by atoms with Gasteiger partial charge in [-0.25, -0.2) is 9.59 Å². The van der Waals surface area contributed by atoms with Gasteiger partial charge in [0.2, 0.25) is 0 Å². The first-order valence-electron chi connectivity index (χ1n) is 8.30. The molecule has 2 amide bonds. The summed E-state index contributed by atoms with van der Waals surface area (Å²) in [6.45, 7) is 4.03. The minimum absolute atomic E-state index is 0.0525. The first-order chi connectivity index (χ1) is 12.3. The second kappa shape index (κ2) is 8.44. The number of halogens is 1. The highest BCUT2D eigenvalue weighted by Gasteiger charge is 2.35. The minimum Gasteiger partial charge on any atom is -0.503 e. The molecule has 2 rings (SSSR count). The van der Waals surface area contributed by atoms with Crippen molar-refractivity contribution in [1.82, 2.24) is 10.2 Å². The maximum Gasteiger partial charge on any atom is 0.338 e. The van der Waals surface area contributed by atoms with Gasteiger partial charge >= 0.3 is 12.0 Å². The predicted octanol–water partition coefficient (Wildman–Crippen LogP) is 3.48. The molecule has 0 spiro atoms. The number of urea groups is 1. The number of hydrogen-bond donors (Lipinski definition) is 2. The van der Waals surface area contributed by atoms with Crippen LogP contribution in [0.1, 0.15) is 38.3 Å². The number of rotatable bonds is 6. The van der Waals surface area contributed by atoms with Gasteiger partial charge in [-0.2, -0.15) is 0 Å². The first-order valence-corrected chi connectivity index (χ1v) is 9.09. The summed E-state index contributed by atoms with van der Waals surface area (Å²) in [4.78, 5) is 26.3. The number of nitrogens with zero attached hydrogens (tertiary/aromatic N) is 1. The molecule has 1 heterocycles. The van der Waals surface area contributed by atoms with Crippen LogP contribution in [0, 0.1) is 0 Å². The quantitative estimate of drug-likeness (QED) is 0.536. The van der Waals surface area contributed by atoms with E-state index in [0.717, 1.165) is 12.8 Å². The SMILES string of the molecule is CCCCOC(=O)C1=C(C)N(C)C(=O)NC1c1cc(Br)c(O)c(OC)c1. The lowest BCUT2D eigenvalue weighted by Gasteiger charge is -2.33. The molecule has 0 aromatic heterocycles. The van der Waals surface area contributed by atoms with Gasteiger partial charge in [0.15, 0.2) is 11.5 Å². The number of carbonyl (C=O) groups excluding carboxylic acids is 2. The lowest BCUT2D eigenvalue weighted by atomic mass is 9.94. The van der Waals surface area contributed by atoms with Gasteiger partial charge in [0.05, 0.1) is 29.8 Å². The smallest absolute Gasteiger partial charge is 0.338 e. The predicted molar refractivity (Wildman–Crippen MR) is 100.0 cm³/mol. The summed E-state index contributed by atoms with van der Waals surface area (Å²) in [5, 5.41) is 12.8. The number of benzene rings is 1. The number of aromatic hydroxyl groups is 1. The Morgan fingerprint density at radius 1 is 1.42 bits per heavy atom. The number of ether oxygens (including phenoxy) is 2.